The van der Waals surface area contributed by atoms with Crippen molar-refractivity contribution in [2.75, 3.05) is 32.9 Å². The molecule has 0 bridgehead atoms. The number of carbonyl (C=O) groups is 3. The van der Waals surface area contributed by atoms with Crippen LogP contribution in [0.1, 0.15) is 22.1 Å². The van der Waals surface area contributed by atoms with Crippen molar-refractivity contribution < 1.29 is 147 Å². The SMILES string of the molecule is COC(=O)c1c[nH]c2nccc(Br)c12.COC(=O)c1cn(CCF)c2nccc(Br)c12.FCCBr.O=CO[O-].[H-].[K+].[K+]. The summed E-state index contributed by atoms with van der Waals surface area (Å²) < 4.78 is 35.6. The second kappa shape index (κ2) is 24.6. The summed E-state index contributed by atoms with van der Waals surface area (Å²) in [5.74, 6) is -0.828. The zero-order chi connectivity index (χ0) is 29.4. The monoisotopic (exact) mass is 820 g/mol. The predicted molar refractivity (Wildman–Crippen MR) is 148 cm³/mol. The summed E-state index contributed by atoms with van der Waals surface area (Å²) >= 11 is 9.58. The van der Waals surface area contributed by atoms with Crippen LogP contribution in [0.5, 0.6) is 0 Å². The van der Waals surface area contributed by atoms with Gasteiger partial charge in [-0.3, -0.25) is 9.18 Å². The number of aryl methyl sites for hydroxylation is 1. The number of aromatic amines is 1. The van der Waals surface area contributed by atoms with E-state index in [-0.39, 0.29) is 130 Å². The zero-order valence-electron chi connectivity index (χ0n) is 23.5. The van der Waals surface area contributed by atoms with Crippen LogP contribution < -0.4 is 108 Å². The predicted octanol–water partition coefficient (Wildman–Crippen LogP) is -1.43. The Morgan fingerprint density at radius 1 is 1.02 bits per heavy atom. The van der Waals surface area contributed by atoms with Gasteiger partial charge >= 0.3 is 115 Å². The molecule has 4 rings (SSSR count). The molecule has 0 amide bonds. The van der Waals surface area contributed by atoms with Gasteiger partial charge in [-0.2, -0.15) is 0 Å². The summed E-state index contributed by atoms with van der Waals surface area (Å²) in [6.07, 6.45) is 6.41. The number of rotatable bonds is 6. The Morgan fingerprint density at radius 3 is 2.02 bits per heavy atom. The van der Waals surface area contributed by atoms with Gasteiger partial charge in [-0.05, 0) is 44.0 Å². The van der Waals surface area contributed by atoms with Crippen LogP contribution in [0.25, 0.3) is 22.1 Å². The third-order valence-electron chi connectivity index (χ3n) is 4.48. The normalized spacial score (nSPS) is 9.27. The van der Waals surface area contributed by atoms with E-state index in [0.717, 1.165) is 14.3 Å². The van der Waals surface area contributed by atoms with E-state index in [1.807, 2.05) is 0 Å². The first-order valence-electron chi connectivity index (χ1n) is 10.6. The van der Waals surface area contributed by atoms with Crippen molar-refractivity contribution in [2.45, 2.75) is 6.54 Å². The number of H-pyrrole nitrogens is 1. The van der Waals surface area contributed by atoms with E-state index in [1.165, 1.54) is 14.2 Å². The van der Waals surface area contributed by atoms with E-state index in [1.54, 1.807) is 41.5 Å². The van der Waals surface area contributed by atoms with E-state index >= 15 is 0 Å². The van der Waals surface area contributed by atoms with Gasteiger partial charge in [0, 0.05) is 49.8 Å². The molecule has 0 fully saturated rings. The quantitative estimate of drug-likeness (QED) is 0.0618. The first-order chi connectivity index (χ1) is 18.7. The van der Waals surface area contributed by atoms with Gasteiger partial charge in [0.05, 0.1) is 38.6 Å². The summed E-state index contributed by atoms with van der Waals surface area (Å²) in [5, 5.41) is 10.3. The molecule has 0 spiro atoms. The molecule has 0 saturated heterocycles. The molecule has 4 aromatic rings. The Morgan fingerprint density at radius 2 is 1.54 bits per heavy atom. The number of methoxy groups -OCH3 is 2. The van der Waals surface area contributed by atoms with Crippen LogP contribution in [-0.2, 0) is 25.7 Å². The van der Waals surface area contributed by atoms with Gasteiger partial charge in [-0.15, -0.1) is 0 Å². The number of nitrogens with zero attached hydrogens (tertiary/aromatic N) is 3. The van der Waals surface area contributed by atoms with Gasteiger partial charge in [0.15, 0.2) is 0 Å². The zero-order valence-corrected chi connectivity index (χ0v) is 33.5. The van der Waals surface area contributed by atoms with Crippen molar-refractivity contribution in [3.8, 4) is 0 Å². The second-order valence-corrected chi connectivity index (χ2v) is 9.19. The Bertz CT molecular complexity index is 1380. The van der Waals surface area contributed by atoms with E-state index in [2.05, 4.69) is 72.4 Å². The van der Waals surface area contributed by atoms with Gasteiger partial charge < -0.3 is 30.6 Å². The van der Waals surface area contributed by atoms with E-state index in [0.29, 0.717) is 33.1 Å². The van der Waals surface area contributed by atoms with Crippen LogP contribution in [0.15, 0.2) is 45.9 Å². The average molecular weight is 823 g/mol. The summed E-state index contributed by atoms with van der Waals surface area (Å²) in [5.41, 5.74) is 2.11. The average Bonchev–Trinajstić information content (AvgIpc) is 3.57. The molecule has 0 aliphatic rings. The van der Waals surface area contributed by atoms with Gasteiger partial charge in [-0.1, -0.05) is 15.9 Å². The smallest absolute Gasteiger partial charge is 1.00 e. The number of hydrogen-bond donors (Lipinski definition) is 1. The summed E-state index contributed by atoms with van der Waals surface area (Å²) in [7, 11) is 2.66. The molecule has 0 aliphatic heterocycles. The van der Waals surface area contributed by atoms with Crippen molar-refractivity contribution in [1.82, 2.24) is 19.5 Å². The molecule has 41 heavy (non-hydrogen) atoms. The molecular weight excluding hydrogens is 800 g/mol. The fraction of sp³-hybridized carbons (Fsp3) is 0.261. The molecule has 1 N–H and O–H groups in total. The molecule has 214 valence electrons. The Kier molecular flexibility index (Phi) is 26.1. The largest absolute Gasteiger partial charge is 1.00 e. The van der Waals surface area contributed by atoms with Crippen molar-refractivity contribution in [1.29, 1.82) is 0 Å². The minimum absolute atomic E-state index is 0. The number of alkyl halides is 3. The Hall–Kier alpha value is 0.323. The number of ether oxygens (including phenoxy) is 2. The number of nitrogens with one attached hydrogen (secondary N) is 1. The van der Waals surface area contributed by atoms with Crippen LogP contribution in [0.3, 0.4) is 0 Å². The molecule has 0 aliphatic carbocycles. The van der Waals surface area contributed by atoms with Crippen molar-refractivity contribution in [3.05, 3.63) is 57.0 Å². The van der Waals surface area contributed by atoms with Gasteiger partial charge in [0.25, 0.3) is 6.47 Å². The van der Waals surface area contributed by atoms with Crippen molar-refractivity contribution >= 4 is 88.3 Å². The second-order valence-electron chi connectivity index (χ2n) is 6.69. The van der Waals surface area contributed by atoms with Gasteiger partial charge in [-0.25, -0.2) is 23.9 Å². The van der Waals surface area contributed by atoms with Crippen LogP contribution in [0, 0.1) is 0 Å². The van der Waals surface area contributed by atoms with Gasteiger partial charge in [0.2, 0.25) is 0 Å². The first kappa shape index (κ1) is 43.5. The maximum absolute atomic E-state index is 12.4. The van der Waals surface area contributed by atoms with Gasteiger partial charge in [0.1, 0.15) is 18.0 Å². The van der Waals surface area contributed by atoms with Crippen LogP contribution in [0.2, 0.25) is 0 Å². The molecule has 0 unspecified atom stereocenters. The molecule has 11 nitrogen and oxygen atoms in total. The maximum atomic E-state index is 12.4. The molecule has 0 atom stereocenters. The fourth-order valence-electron chi connectivity index (χ4n) is 2.99. The molecule has 18 heteroatoms. The minimum atomic E-state index is -0.515. The number of aromatic nitrogens is 4. The molecule has 4 aromatic heterocycles. The molecule has 0 radical (unpaired) electrons. The summed E-state index contributed by atoms with van der Waals surface area (Å²) in [6, 6.07) is 3.51. The Labute approximate surface area is 345 Å². The summed E-state index contributed by atoms with van der Waals surface area (Å²) in [4.78, 5) is 45.4. The molecule has 4 heterocycles. The number of hydrogen-bond acceptors (Lipinski definition) is 9. The number of esters is 2. The number of fused-ring (bicyclic) bond motifs is 2. The third kappa shape index (κ3) is 13.5. The van der Waals surface area contributed by atoms with E-state index < -0.39 is 12.6 Å². The van der Waals surface area contributed by atoms with Crippen LogP contribution in [-0.4, -0.2) is 70.8 Å². The van der Waals surface area contributed by atoms with Crippen LogP contribution in [0.4, 0.5) is 8.78 Å². The van der Waals surface area contributed by atoms with Crippen molar-refractivity contribution in [3.63, 3.8) is 0 Å². The van der Waals surface area contributed by atoms with E-state index in [4.69, 9.17) is 14.8 Å². The van der Waals surface area contributed by atoms with E-state index in [9.17, 15) is 18.4 Å². The standard InChI is InChI=1S/C11H10BrFN2O2.C9H7BrN2O2.C2H4BrF.CH2O3.2K.H/c1-17-11(16)7-6-15(5-3-13)10-9(7)8(12)2-4-14-10;1-14-9(13)5-4-12-8-7(5)6(10)2-3-11-8;3-1-2-4;2-1-4-3;;;/h2,4,6H,3,5H2,1H3;2-4H,1H3,(H,11,12);1-2H2;1,3H;;;/q;;;;2*+1;-1/p-1. The third-order valence-corrected chi connectivity index (χ3v) is 6.10. The Balaban J connectivity index is -0.000000551. The summed E-state index contributed by atoms with van der Waals surface area (Å²) in [6.45, 7) is -0.796. The number of halogens is 5. The molecule has 0 saturated carbocycles. The van der Waals surface area contributed by atoms with Crippen molar-refractivity contribution in [2.24, 2.45) is 0 Å². The fourth-order valence-corrected chi connectivity index (χ4v) is 4.02. The number of carbonyl (C=O) groups excluding carboxylic acids is 3. The molecule has 0 aromatic carbocycles. The maximum Gasteiger partial charge on any atom is 1.00 e. The topological polar surface area (TPSA) is 148 Å². The molecular formula is C23H23Br3F2K2N4O7. The number of pyridine rings is 2. The first-order valence-corrected chi connectivity index (χ1v) is 13.3. The van der Waals surface area contributed by atoms with Crippen LogP contribution >= 0.6 is 47.8 Å². The minimum Gasteiger partial charge on any atom is -1.00 e.